The van der Waals surface area contributed by atoms with E-state index in [1.54, 1.807) is 0 Å². The van der Waals surface area contributed by atoms with Gasteiger partial charge < -0.3 is 5.11 Å². The van der Waals surface area contributed by atoms with E-state index in [4.69, 9.17) is 39.9 Å². The number of carboxylic acid groups (broad SMARTS) is 1. The molecular formula is C13H7Cl3FNO2. The van der Waals surface area contributed by atoms with E-state index < -0.39 is 18.2 Å². The number of hydrogen-bond donors (Lipinski definition) is 1. The maximum absolute atomic E-state index is 13.8. The first-order chi connectivity index (χ1) is 9.40. The normalized spacial score (nSPS) is 10.6. The molecule has 104 valence electrons. The summed E-state index contributed by atoms with van der Waals surface area (Å²) in [4.78, 5) is 14.6. The van der Waals surface area contributed by atoms with E-state index in [9.17, 15) is 9.18 Å². The Kier molecular flexibility index (Phi) is 4.48. The largest absolute Gasteiger partial charge is 0.481 e. The zero-order valence-corrected chi connectivity index (χ0v) is 12.1. The summed E-state index contributed by atoms with van der Waals surface area (Å²) in [5, 5.41) is 9.59. The van der Waals surface area contributed by atoms with Gasteiger partial charge in [-0.3, -0.25) is 9.78 Å². The minimum atomic E-state index is -1.17. The van der Waals surface area contributed by atoms with Crippen LogP contribution in [0.2, 0.25) is 15.1 Å². The van der Waals surface area contributed by atoms with Gasteiger partial charge in [0.2, 0.25) is 0 Å². The summed E-state index contributed by atoms with van der Waals surface area (Å²) in [6, 6.07) is 2.89. The summed E-state index contributed by atoms with van der Waals surface area (Å²) in [7, 11) is 0. The molecule has 2 aromatic rings. The van der Waals surface area contributed by atoms with E-state index in [0.717, 1.165) is 6.20 Å². The molecule has 3 nitrogen and oxygen atoms in total. The molecule has 20 heavy (non-hydrogen) atoms. The third kappa shape index (κ3) is 3.03. The fourth-order valence-electron chi connectivity index (χ4n) is 1.81. The van der Waals surface area contributed by atoms with Crippen molar-refractivity contribution in [2.24, 2.45) is 0 Å². The molecule has 2 rings (SSSR count). The molecule has 0 aliphatic rings. The van der Waals surface area contributed by atoms with Crippen molar-refractivity contribution < 1.29 is 14.3 Å². The van der Waals surface area contributed by atoms with Gasteiger partial charge in [-0.15, -0.1) is 0 Å². The second-order valence-electron chi connectivity index (χ2n) is 3.96. The summed E-state index contributed by atoms with van der Waals surface area (Å²) in [5.41, 5.74) is 0.513. The highest BCUT2D eigenvalue weighted by Crippen LogP contribution is 2.39. The molecule has 0 aliphatic heterocycles. The van der Waals surface area contributed by atoms with Crippen molar-refractivity contribution in [1.82, 2.24) is 4.98 Å². The molecule has 7 heteroatoms. The highest BCUT2D eigenvalue weighted by Gasteiger charge is 2.19. The third-order valence-electron chi connectivity index (χ3n) is 2.61. The maximum atomic E-state index is 13.8. The predicted octanol–water partition coefficient (Wildman–Crippen LogP) is 4.48. The Hall–Kier alpha value is -1.36. The average Bonchev–Trinajstić information content (AvgIpc) is 2.31. The Morgan fingerprint density at radius 2 is 1.80 bits per heavy atom. The van der Waals surface area contributed by atoms with Crippen LogP contribution in [0.15, 0.2) is 24.5 Å². The Morgan fingerprint density at radius 3 is 2.35 bits per heavy atom. The van der Waals surface area contributed by atoms with Crippen LogP contribution in [0.25, 0.3) is 11.1 Å². The number of carbonyl (C=O) groups is 1. The van der Waals surface area contributed by atoms with Crippen LogP contribution in [-0.4, -0.2) is 16.1 Å². The van der Waals surface area contributed by atoms with E-state index in [1.165, 1.54) is 18.3 Å². The maximum Gasteiger partial charge on any atom is 0.307 e. The Morgan fingerprint density at radius 1 is 1.20 bits per heavy atom. The molecule has 1 aromatic carbocycles. The van der Waals surface area contributed by atoms with Gasteiger partial charge in [0.05, 0.1) is 22.7 Å². The average molecular weight is 335 g/mol. The minimum absolute atomic E-state index is 0.0291. The van der Waals surface area contributed by atoms with Crippen LogP contribution in [-0.2, 0) is 11.2 Å². The number of benzene rings is 1. The quantitative estimate of drug-likeness (QED) is 0.900. The second-order valence-corrected chi connectivity index (χ2v) is 5.21. The van der Waals surface area contributed by atoms with Crippen molar-refractivity contribution in [3.63, 3.8) is 0 Å². The van der Waals surface area contributed by atoms with Crippen molar-refractivity contribution in [2.75, 3.05) is 0 Å². The number of halogens is 4. The zero-order chi connectivity index (χ0) is 14.9. The molecule has 0 aliphatic carbocycles. The lowest BCUT2D eigenvalue weighted by Gasteiger charge is -2.12. The van der Waals surface area contributed by atoms with Gasteiger partial charge in [-0.2, -0.15) is 0 Å². The number of rotatable bonds is 3. The first-order valence-electron chi connectivity index (χ1n) is 5.39. The van der Waals surface area contributed by atoms with Gasteiger partial charge in [0, 0.05) is 27.9 Å². The summed E-state index contributed by atoms with van der Waals surface area (Å²) in [5.74, 6) is -1.90. The number of carboxylic acids is 1. The third-order valence-corrected chi connectivity index (χ3v) is 3.42. The van der Waals surface area contributed by atoms with Crippen LogP contribution in [0, 0.1) is 5.82 Å². The Labute approximate surface area is 128 Å². The van der Waals surface area contributed by atoms with Crippen molar-refractivity contribution in [3.05, 3.63) is 51.0 Å². The fourth-order valence-corrected chi connectivity index (χ4v) is 2.83. The topological polar surface area (TPSA) is 50.2 Å². The smallest absolute Gasteiger partial charge is 0.307 e. The van der Waals surface area contributed by atoms with Gasteiger partial charge in [-0.05, 0) is 12.1 Å². The SMILES string of the molecule is O=C(O)Cc1c(F)cncc1-c1c(Cl)cc(Cl)cc1Cl. The summed E-state index contributed by atoms with van der Waals surface area (Å²) < 4.78 is 13.8. The van der Waals surface area contributed by atoms with Gasteiger partial charge >= 0.3 is 5.97 Å². The molecule has 0 fully saturated rings. The van der Waals surface area contributed by atoms with Crippen molar-refractivity contribution >= 4 is 40.8 Å². The first-order valence-corrected chi connectivity index (χ1v) is 6.52. The van der Waals surface area contributed by atoms with Gasteiger partial charge in [-0.25, -0.2) is 4.39 Å². The van der Waals surface area contributed by atoms with E-state index in [2.05, 4.69) is 4.98 Å². The Balaban J connectivity index is 2.70. The molecular weight excluding hydrogens is 328 g/mol. The molecule has 0 radical (unpaired) electrons. The van der Waals surface area contributed by atoms with Crippen LogP contribution in [0.1, 0.15) is 5.56 Å². The first kappa shape index (κ1) is 15.0. The van der Waals surface area contributed by atoms with Crippen LogP contribution < -0.4 is 0 Å². The number of nitrogens with zero attached hydrogens (tertiary/aromatic N) is 1. The Bertz CT molecular complexity index is 668. The number of aliphatic carboxylic acids is 1. The number of aromatic nitrogens is 1. The lowest BCUT2D eigenvalue weighted by atomic mass is 9.99. The minimum Gasteiger partial charge on any atom is -0.481 e. The number of hydrogen-bond acceptors (Lipinski definition) is 2. The van der Waals surface area contributed by atoms with Crippen LogP contribution in [0.5, 0.6) is 0 Å². The van der Waals surface area contributed by atoms with Gasteiger partial charge in [0.25, 0.3) is 0 Å². The highest BCUT2D eigenvalue weighted by atomic mass is 35.5. The molecule has 0 amide bonds. The number of pyridine rings is 1. The molecule has 1 N–H and O–H groups in total. The van der Waals surface area contributed by atoms with Crippen LogP contribution in [0.3, 0.4) is 0 Å². The standard InChI is InChI=1S/C13H7Cl3FNO2/c14-6-1-9(15)13(10(16)2-6)8-4-18-5-11(17)7(8)3-12(19)20/h1-2,4-5H,3H2,(H,19,20). The molecule has 0 spiro atoms. The van der Waals surface area contributed by atoms with Crippen LogP contribution in [0.4, 0.5) is 4.39 Å². The summed E-state index contributed by atoms with van der Waals surface area (Å²) in [6.07, 6.45) is 1.76. The second kappa shape index (κ2) is 5.95. The molecule has 1 heterocycles. The van der Waals surface area contributed by atoms with Crippen LogP contribution >= 0.6 is 34.8 Å². The molecule has 0 saturated carbocycles. The lowest BCUT2D eigenvalue weighted by Crippen LogP contribution is -2.05. The summed E-state index contributed by atoms with van der Waals surface area (Å²) >= 11 is 17.9. The van der Waals surface area contributed by atoms with Crippen molar-refractivity contribution in [3.8, 4) is 11.1 Å². The molecule has 0 unspecified atom stereocenters. The van der Waals surface area contributed by atoms with Gasteiger partial charge in [-0.1, -0.05) is 34.8 Å². The van der Waals surface area contributed by atoms with Gasteiger partial charge in [0.1, 0.15) is 5.82 Å². The lowest BCUT2D eigenvalue weighted by molar-refractivity contribution is -0.136. The predicted molar refractivity (Wildman–Crippen MR) is 76.0 cm³/mol. The molecule has 0 atom stereocenters. The fraction of sp³-hybridized carbons (Fsp3) is 0.0769. The zero-order valence-electron chi connectivity index (χ0n) is 9.83. The molecule has 0 bridgehead atoms. The molecule has 1 aromatic heterocycles. The monoisotopic (exact) mass is 333 g/mol. The van der Waals surface area contributed by atoms with Crippen molar-refractivity contribution in [2.45, 2.75) is 6.42 Å². The van der Waals surface area contributed by atoms with E-state index in [1.807, 2.05) is 0 Å². The van der Waals surface area contributed by atoms with E-state index in [0.29, 0.717) is 10.6 Å². The van der Waals surface area contributed by atoms with E-state index >= 15 is 0 Å². The summed E-state index contributed by atoms with van der Waals surface area (Å²) in [6.45, 7) is 0. The molecule has 0 saturated heterocycles. The van der Waals surface area contributed by atoms with Gasteiger partial charge in [0.15, 0.2) is 0 Å². The highest BCUT2D eigenvalue weighted by molar-refractivity contribution is 6.41. The van der Waals surface area contributed by atoms with Crippen molar-refractivity contribution in [1.29, 1.82) is 0 Å². The van der Waals surface area contributed by atoms with E-state index in [-0.39, 0.29) is 21.2 Å².